The minimum absolute atomic E-state index is 0.735. The number of aromatic nitrogens is 2. The lowest BCUT2D eigenvalue weighted by Gasteiger charge is -2.12. The Kier molecular flexibility index (Phi) is 5.11. The molecule has 1 unspecified atom stereocenters. The quantitative estimate of drug-likeness (QED) is 0.829. The molecule has 1 aliphatic rings. The molecule has 1 aliphatic heterocycles. The Bertz CT molecular complexity index is 377. The van der Waals surface area contributed by atoms with Crippen molar-refractivity contribution in [2.45, 2.75) is 38.4 Å². The van der Waals surface area contributed by atoms with Crippen LogP contribution in [-0.2, 0) is 0 Å². The Hall–Kier alpha value is -0.970. The van der Waals surface area contributed by atoms with E-state index in [2.05, 4.69) is 39.3 Å². The van der Waals surface area contributed by atoms with E-state index in [4.69, 9.17) is 0 Å². The fraction of sp³-hybridized carbons (Fsp3) is 0.692. The van der Waals surface area contributed by atoms with Crippen LogP contribution in [0, 0.1) is 6.92 Å². The van der Waals surface area contributed by atoms with Crippen molar-refractivity contribution in [2.75, 3.05) is 29.5 Å². The average Bonchev–Trinajstić information content (AvgIpc) is 2.86. The van der Waals surface area contributed by atoms with Gasteiger partial charge in [-0.15, -0.1) is 0 Å². The van der Waals surface area contributed by atoms with Crippen LogP contribution in [0.15, 0.2) is 6.07 Å². The van der Waals surface area contributed by atoms with Crippen LogP contribution < -0.4 is 10.6 Å². The van der Waals surface area contributed by atoms with E-state index >= 15 is 0 Å². The Morgan fingerprint density at radius 2 is 2.28 bits per heavy atom. The normalized spacial score (nSPS) is 18.9. The second-order valence-corrected chi connectivity index (χ2v) is 6.07. The van der Waals surface area contributed by atoms with Gasteiger partial charge in [-0.1, -0.05) is 6.92 Å². The number of nitrogens with zero attached hydrogens (tertiary/aromatic N) is 2. The van der Waals surface area contributed by atoms with Crippen LogP contribution >= 0.6 is 11.8 Å². The molecule has 2 rings (SSSR count). The van der Waals surface area contributed by atoms with Crippen LogP contribution in [0.2, 0.25) is 0 Å². The average molecular weight is 266 g/mol. The van der Waals surface area contributed by atoms with Gasteiger partial charge in [0.05, 0.1) is 0 Å². The molecule has 5 heteroatoms. The zero-order valence-electron chi connectivity index (χ0n) is 11.2. The van der Waals surface area contributed by atoms with Crippen molar-refractivity contribution in [1.29, 1.82) is 0 Å². The van der Waals surface area contributed by atoms with Crippen LogP contribution in [0.5, 0.6) is 0 Å². The highest BCUT2D eigenvalue weighted by atomic mass is 32.2. The molecule has 2 N–H and O–H groups in total. The lowest BCUT2D eigenvalue weighted by atomic mass is 10.2. The molecule has 18 heavy (non-hydrogen) atoms. The fourth-order valence-electron chi connectivity index (χ4n) is 2.00. The second kappa shape index (κ2) is 6.83. The monoisotopic (exact) mass is 266 g/mol. The molecule has 1 saturated heterocycles. The van der Waals surface area contributed by atoms with Crippen molar-refractivity contribution in [3.63, 3.8) is 0 Å². The SMILES string of the molecule is CCCNc1nc(C)cc(NCC2CCCS2)n1. The maximum atomic E-state index is 4.49. The zero-order chi connectivity index (χ0) is 12.8. The van der Waals surface area contributed by atoms with E-state index < -0.39 is 0 Å². The molecule has 0 saturated carbocycles. The molecule has 0 spiro atoms. The Morgan fingerprint density at radius 3 is 3.00 bits per heavy atom. The van der Waals surface area contributed by atoms with Crippen LogP contribution in [0.1, 0.15) is 31.9 Å². The Labute approximate surface area is 113 Å². The first-order chi connectivity index (χ1) is 8.78. The van der Waals surface area contributed by atoms with Gasteiger partial charge in [0.2, 0.25) is 5.95 Å². The molecule has 1 aromatic heterocycles. The standard InChI is InChI=1S/C13H22N4S/c1-3-6-14-13-16-10(2)8-12(17-13)15-9-11-5-4-7-18-11/h8,11H,3-7,9H2,1-2H3,(H2,14,15,16,17). The molecule has 100 valence electrons. The predicted octanol–water partition coefficient (Wildman–Crippen LogP) is 2.91. The van der Waals surface area contributed by atoms with E-state index in [0.717, 1.165) is 42.2 Å². The molecule has 0 radical (unpaired) electrons. The number of hydrogen-bond donors (Lipinski definition) is 2. The van der Waals surface area contributed by atoms with E-state index in [0.29, 0.717) is 0 Å². The molecular formula is C13H22N4S. The van der Waals surface area contributed by atoms with E-state index in [1.54, 1.807) is 0 Å². The van der Waals surface area contributed by atoms with Crippen molar-refractivity contribution in [1.82, 2.24) is 9.97 Å². The summed E-state index contributed by atoms with van der Waals surface area (Å²) in [6, 6.07) is 2.01. The number of hydrogen-bond acceptors (Lipinski definition) is 5. The highest BCUT2D eigenvalue weighted by Crippen LogP contribution is 2.26. The summed E-state index contributed by atoms with van der Waals surface area (Å²) in [5.41, 5.74) is 1.00. The number of anilines is 2. The molecular weight excluding hydrogens is 244 g/mol. The summed E-state index contributed by atoms with van der Waals surface area (Å²) >= 11 is 2.06. The van der Waals surface area contributed by atoms with Gasteiger partial charge in [-0.2, -0.15) is 16.7 Å². The summed E-state index contributed by atoms with van der Waals surface area (Å²) in [4.78, 5) is 8.87. The van der Waals surface area contributed by atoms with Crippen LogP contribution in [0.3, 0.4) is 0 Å². The minimum atomic E-state index is 0.735. The number of nitrogens with one attached hydrogen (secondary N) is 2. The van der Waals surface area contributed by atoms with E-state index in [1.165, 1.54) is 18.6 Å². The van der Waals surface area contributed by atoms with Gasteiger partial charge in [-0.05, 0) is 31.9 Å². The third-order valence-electron chi connectivity index (χ3n) is 2.92. The number of aryl methyl sites for hydroxylation is 1. The highest BCUT2D eigenvalue weighted by molar-refractivity contribution is 8.00. The van der Waals surface area contributed by atoms with Crippen LogP contribution in [0.25, 0.3) is 0 Å². The zero-order valence-corrected chi connectivity index (χ0v) is 12.0. The summed E-state index contributed by atoms with van der Waals surface area (Å²) in [6.07, 6.45) is 3.75. The van der Waals surface area contributed by atoms with Gasteiger partial charge >= 0.3 is 0 Å². The maximum Gasteiger partial charge on any atom is 0.224 e. The van der Waals surface area contributed by atoms with Crippen molar-refractivity contribution >= 4 is 23.5 Å². The topological polar surface area (TPSA) is 49.8 Å². The van der Waals surface area contributed by atoms with Crippen molar-refractivity contribution < 1.29 is 0 Å². The smallest absolute Gasteiger partial charge is 0.224 e. The summed E-state index contributed by atoms with van der Waals surface area (Å²) in [5, 5.41) is 7.41. The lowest BCUT2D eigenvalue weighted by Crippen LogP contribution is -2.15. The second-order valence-electron chi connectivity index (χ2n) is 4.66. The minimum Gasteiger partial charge on any atom is -0.369 e. The first kappa shape index (κ1) is 13.5. The van der Waals surface area contributed by atoms with Gasteiger partial charge in [-0.3, -0.25) is 0 Å². The summed E-state index contributed by atoms with van der Waals surface area (Å²) < 4.78 is 0. The summed E-state index contributed by atoms with van der Waals surface area (Å²) in [7, 11) is 0. The van der Waals surface area contributed by atoms with E-state index in [-0.39, 0.29) is 0 Å². The van der Waals surface area contributed by atoms with E-state index in [1.807, 2.05) is 13.0 Å². The van der Waals surface area contributed by atoms with E-state index in [9.17, 15) is 0 Å². The summed E-state index contributed by atoms with van der Waals surface area (Å²) in [6.45, 7) is 6.07. The highest BCUT2D eigenvalue weighted by Gasteiger charge is 2.15. The fourth-order valence-corrected chi connectivity index (χ4v) is 3.20. The molecule has 0 aliphatic carbocycles. The molecule has 0 aromatic carbocycles. The van der Waals surface area contributed by atoms with Gasteiger partial charge in [0.1, 0.15) is 5.82 Å². The molecule has 4 nitrogen and oxygen atoms in total. The molecule has 0 bridgehead atoms. The van der Waals surface area contributed by atoms with Gasteiger partial charge < -0.3 is 10.6 Å². The Morgan fingerprint density at radius 1 is 1.39 bits per heavy atom. The van der Waals surface area contributed by atoms with Gasteiger partial charge in [0.25, 0.3) is 0 Å². The van der Waals surface area contributed by atoms with Gasteiger partial charge in [0, 0.05) is 30.1 Å². The first-order valence-corrected chi connectivity index (χ1v) is 7.78. The molecule has 1 fully saturated rings. The van der Waals surface area contributed by atoms with Gasteiger partial charge in [-0.25, -0.2) is 4.98 Å². The number of rotatable bonds is 6. The van der Waals surface area contributed by atoms with Gasteiger partial charge in [0.15, 0.2) is 0 Å². The van der Waals surface area contributed by atoms with Crippen molar-refractivity contribution in [3.05, 3.63) is 11.8 Å². The maximum absolute atomic E-state index is 4.49. The van der Waals surface area contributed by atoms with Crippen LogP contribution in [0.4, 0.5) is 11.8 Å². The predicted molar refractivity (Wildman–Crippen MR) is 79.5 cm³/mol. The molecule has 1 aromatic rings. The summed E-state index contributed by atoms with van der Waals surface area (Å²) in [5.74, 6) is 2.98. The van der Waals surface area contributed by atoms with Crippen LogP contribution in [-0.4, -0.2) is 34.1 Å². The molecule has 0 amide bonds. The molecule has 2 heterocycles. The lowest BCUT2D eigenvalue weighted by molar-refractivity contribution is 0.802. The molecule has 1 atom stereocenters. The Balaban J connectivity index is 1.91. The largest absolute Gasteiger partial charge is 0.369 e. The first-order valence-electron chi connectivity index (χ1n) is 6.73. The third kappa shape index (κ3) is 4.05. The van der Waals surface area contributed by atoms with Crippen molar-refractivity contribution in [2.24, 2.45) is 0 Å². The third-order valence-corrected chi connectivity index (χ3v) is 4.32. The number of thioether (sulfide) groups is 1. The van der Waals surface area contributed by atoms with Crippen molar-refractivity contribution in [3.8, 4) is 0 Å².